The maximum Gasteiger partial charge on any atom is 0.339 e. The van der Waals surface area contributed by atoms with Gasteiger partial charge >= 0.3 is 11.9 Å². The second-order valence-corrected chi connectivity index (χ2v) is 12.3. The zero-order chi connectivity index (χ0) is 25.3. The van der Waals surface area contributed by atoms with E-state index in [4.69, 9.17) is 0 Å². The van der Waals surface area contributed by atoms with E-state index in [1.54, 1.807) is 13.8 Å². The Morgan fingerprint density at radius 2 is 1.09 bits per heavy atom. The smallest absolute Gasteiger partial charge is 0.339 e. The van der Waals surface area contributed by atoms with Crippen LogP contribution in [0.5, 0.6) is 0 Å². The molecule has 0 unspecified atom stereocenters. The van der Waals surface area contributed by atoms with Crippen LogP contribution in [0, 0.1) is 5.41 Å². The quantitative estimate of drug-likeness (QED) is 0.372. The molecule has 4 N–H and O–H groups in total. The molecule has 0 radical (unpaired) electrons. The number of aromatic carboxylic acids is 2. The average Bonchev–Trinajstić information content (AvgIpc) is 3.29. The highest BCUT2D eigenvalue weighted by molar-refractivity contribution is 7.17. The van der Waals surface area contributed by atoms with E-state index in [1.807, 2.05) is 0 Å². The molecule has 2 aromatic heterocycles. The van der Waals surface area contributed by atoms with Gasteiger partial charge in [-0.2, -0.15) is 0 Å². The van der Waals surface area contributed by atoms with Gasteiger partial charge in [0, 0.05) is 22.6 Å². The number of hydrogen-bond donors (Lipinski definition) is 4. The van der Waals surface area contributed by atoms with Gasteiger partial charge in [0.05, 0.1) is 11.1 Å². The number of rotatable bonds is 8. The van der Waals surface area contributed by atoms with Gasteiger partial charge in [0.1, 0.15) is 10.0 Å². The molecule has 0 atom stereocenters. The van der Waals surface area contributed by atoms with Crippen molar-refractivity contribution in [3.05, 3.63) is 32.0 Å². The fourth-order valence-electron chi connectivity index (χ4n) is 5.03. The Balaban J connectivity index is 1.41. The van der Waals surface area contributed by atoms with Gasteiger partial charge < -0.3 is 20.8 Å². The van der Waals surface area contributed by atoms with Crippen LogP contribution in [0.4, 0.5) is 10.0 Å². The lowest BCUT2D eigenvalue weighted by molar-refractivity contribution is -0.120. The van der Waals surface area contributed by atoms with Gasteiger partial charge in [-0.1, -0.05) is 13.8 Å². The number of aryl methyl sites for hydroxylation is 2. The highest BCUT2D eigenvalue weighted by Gasteiger charge is 2.31. The zero-order valence-electron chi connectivity index (χ0n) is 19.9. The minimum atomic E-state index is -1.04. The Kier molecular flexibility index (Phi) is 7.32. The number of nitrogens with one attached hydrogen (secondary N) is 2. The Morgan fingerprint density at radius 3 is 1.46 bits per heavy atom. The molecule has 0 spiro atoms. The summed E-state index contributed by atoms with van der Waals surface area (Å²) in [6, 6.07) is 0. The van der Waals surface area contributed by atoms with Crippen molar-refractivity contribution in [3.8, 4) is 0 Å². The van der Waals surface area contributed by atoms with Crippen molar-refractivity contribution in [2.45, 2.75) is 78.1 Å². The molecule has 0 saturated heterocycles. The van der Waals surface area contributed by atoms with Crippen molar-refractivity contribution in [1.29, 1.82) is 0 Å². The number of carboxylic acids is 2. The van der Waals surface area contributed by atoms with E-state index in [0.29, 0.717) is 22.8 Å². The van der Waals surface area contributed by atoms with Gasteiger partial charge in [-0.3, -0.25) is 9.59 Å². The lowest BCUT2D eigenvalue weighted by Gasteiger charge is -2.23. The first-order valence-corrected chi connectivity index (χ1v) is 13.5. The van der Waals surface area contributed by atoms with E-state index < -0.39 is 17.4 Å². The first kappa shape index (κ1) is 25.4. The standard InChI is InChI=1S/C25H30N2O6S2/c1-25(2,11-17(28)26-21-19(23(30)31)13-7-3-5-9-15(13)34-21)12-18(29)27-22-20(24(32)33)14-8-4-6-10-16(14)35-22/h3-12H2,1-2H3,(H,26,28)(H,27,29)(H,30,31)(H,32,33). The second-order valence-electron chi connectivity index (χ2n) is 10.1. The first-order valence-electron chi connectivity index (χ1n) is 11.9. The fraction of sp³-hybridized carbons (Fsp3) is 0.520. The first-order chi connectivity index (χ1) is 16.6. The van der Waals surface area contributed by atoms with Crippen molar-refractivity contribution in [1.82, 2.24) is 0 Å². The lowest BCUT2D eigenvalue weighted by atomic mass is 9.85. The van der Waals surface area contributed by atoms with Crippen molar-refractivity contribution < 1.29 is 29.4 Å². The van der Waals surface area contributed by atoms with E-state index in [-0.39, 0.29) is 35.8 Å². The van der Waals surface area contributed by atoms with Gasteiger partial charge in [0.2, 0.25) is 11.8 Å². The molecule has 0 aliphatic heterocycles. The van der Waals surface area contributed by atoms with Crippen LogP contribution in [0.2, 0.25) is 0 Å². The normalized spacial score (nSPS) is 15.1. The predicted molar refractivity (Wildman–Crippen MR) is 136 cm³/mol. The molecule has 35 heavy (non-hydrogen) atoms. The van der Waals surface area contributed by atoms with Crippen LogP contribution in [-0.4, -0.2) is 34.0 Å². The molecule has 0 aromatic carbocycles. The highest BCUT2D eigenvalue weighted by Crippen LogP contribution is 2.40. The molecular weight excluding hydrogens is 488 g/mol. The molecule has 2 aliphatic rings. The number of fused-ring (bicyclic) bond motifs is 2. The maximum atomic E-state index is 12.8. The summed E-state index contributed by atoms with van der Waals surface area (Å²) in [7, 11) is 0. The van der Waals surface area contributed by atoms with E-state index in [9.17, 15) is 29.4 Å². The highest BCUT2D eigenvalue weighted by atomic mass is 32.1. The van der Waals surface area contributed by atoms with E-state index in [2.05, 4.69) is 10.6 Å². The summed E-state index contributed by atoms with van der Waals surface area (Å²) in [6.07, 6.45) is 7.02. The molecule has 2 aliphatic carbocycles. The molecule has 10 heteroatoms. The Bertz CT molecular complexity index is 1100. The number of amides is 2. The monoisotopic (exact) mass is 518 g/mol. The number of anilines is 2. The van der Waals surface area contributed by atoms with Crippen LogP contribution >= 0.6 is 22.7 Å². The average molecular weight is 519 g/mol. The number of hydrogen-bond acceptors (Lipinski definition) is 6. The van der Waals surface area contributed by atoms with Crippen LogP contribution in [0.15, 0.2) is 0 Å². The van der Waals surface area contributed by atoms with Crippen LogP contribution in [0.3, 0.4) is 0 Å². The Hall–Kier alpha value is -2.72. The van der Waals surface area contributed by atoms with E-state index in [0.717, 1.165) is 59.4 Å². The van der Waals surface area contributed by atoms with Crippen molar-refractivity contribution in [3.63, 3.8) is 0 Å². The van der Waals surface area contributed by atoms with Crippen molar-refractivity contribution >= 4 is 56.4 Å². The molecule has 0 bridgehead atoms. The molecule has 0 fully saturated rings. The fourth-order valence-corrected chi connectivity index (χ4v) is 7.63. The van der Waals surface area contributed by atoms with Gasteiger partial charge in [-0.05, 0) is 67.9 Å². The zero-order valence-corrected chi connectivity index (χ0v) is 21.5. The third-order valence-electron chi connectivity index (χ3n) is 6.55. The number of carboxylic acid groups (broad SMARTS) is 2. The van der Waals surface area contributed by atoms with Gasteiger partial charge in [-0.25, -0.2) is 9.59 Å². The van der Waals surface area contributed by atoms with E-state index >= 15 is 0 Å². The SMILES string of the molecule is CC(C)(CC(=O)Nc1sc2c(c1C(=O)O)CCCC2)CC(=O)Nc1sc2c(c1C(=O)O)CCCC2. The summed E-state index contributed by atoms with van der Waals surface area (Å²) in [5, 5.41) is 25.7. The van der Waals surface area contributed by atoms with Crippen LogP contribution in [0.1, 0.15) is 94.0 Å². The third kappa shape index (κ3) is 5.59. The van der Waals surface area contributed by atoms with Crippen molar-refractivity contribution in [2.75, 3.05) is 10.6 Å². The Labute approximate surface area is 211 Å². The maximum absolute atomic E-state index is 12.8. The molecule has 4 rings (SSSR count). The minimum Gasteiger partial charge on any atom is -0.478 e. The topological polar surface area (TPSA) is 133 Å². The van der Waals surface area contributed by atoms with Gasteiger partial charge in [0.15, 0.2) is 0 Å². The second kappa shape index (κ2) is 10.1. The number of carbonyl (C=O) groups is 4. The van der Waals surface area contributed by atoms with Crippen molar-refractivity contribution in [2.24, 2.45) is 5.41 Å². The molecule has 2 heterocycles. The van der Waals surface area contributed by atoms with Gasteiger partial charge in [-0.15, -0.1) is 22.7 Å². The largest absolute Gasteiger partial charge is 0.478 e. The minimum absolute atomic E-state index is 0.0226. The molecule has 2 aromatic rings. The van der Waals surface area contributed by atoms with E-state index in [1.165, 1.54) is 22.7 Å². The Morgan fingerprint density at radius 1 is 0.714 bits per heavy atom. The molecule has 188 valence electrons. The van der Waals surface area contributed by atoms with Crippen LogP contribution in [-0.2, 0) is 35.3 Å². The molecule has 8 nitrogen and oxygen atoms in total. The van der Waals surface area contributed by atoms with Gasteiger partial charge in [0.25, 0.3) is 0 Å². The lowest BCUT2D eigenvalue weighted by Crippen LogP contribution is -2.27. The summed E-state index contributed by atoms with van der Waals surface area (Å²) in [6.45, 7) is 3.59. The number of carbonyl (C=O) groups excluding carboxylic acids is 2. The van der Waals surface area contributed by atoms with Crippen LogP contribution < -0.4 is 10.6 Å². The molecule has 2 amide bonds. The summed E-state index contributed by atoms with van der Waals surface area (Å²) < 4.78 is 0. The molecular formula is C25H30N2O6S2. The molecule has 0 saturated carbocycles. The number of thiophene rings is 2. The summed E-state index contributed by atoms with van der Waals surface area (Å²) in [5.41, 5.74) is 1.33. The third-order valence-corrected chi connectivity index (χ3v) is 8.97. The predicted octanol–water partition coefficient (Wildman–Crippen LogP) is 5.35. The van der Waals surface area contributed by atoms with Crippen LogP contribution in [0.25, 0.3) is 0 Å². The summed E-state index contributed by atoms with van der Waals surface area (Å²) in [4.78, 5) is 51.4. The summed E-state index contributed by atoms with van der Waals surface area (Å²) in [5.74, 6) is -2.76. The summed E-state index contributed by atoms with van der Waals surface area (Å²) >= 11 is 2.66.